The van der Waals surface area contributed by atoms with E-state index in [1.54, 1.807) is 18.4 Å². The summed E-state index contributed by atoms with van der Waals surface area (Å²) in [6, 6.07) is 8.07. The summed E-state index contributed by atoms with van der Waals surface area (Å²) in [7, 11) is 1.67. The molecule has 17 heavy (non-hydrogen) atoms. The molecule has 1 aromatic carbocycles. The van der Waals surface area contributed by atoms with E-state index in [9.17, 15) is 0 Å². The average Bonchev–Trinajstić information content (AvgIpc) is 2.76. The number of methoxy groups -OCH3 is 1. The molecular weight excluding hydrogens is 298 g/mol. The number of rotatable bonds is 4. The lowest BCUT2D eigenvalue weighted by Crippen LogP contribution is -2.12. The van der Waals surface area contributed by atoms with Gasteiger partial charge in [0.15, 0.2) is 0 Å². The molecule has 1 unspecified atom stereocenters. The zero-order chi connectivity index (χ0) is 12.3. The van der Waals surface area contributed by atoms with Crippen LogP contribution in [0.1, 0.15) is 17.2 Å². The minimum Gasteiger partial charge on any atom is -0.497 e. The molecule has 4 heteroatoms. The van der Waals surface area contributed by atoms with Gasteiger partial charge in [0.1, 0.15) is 5.75 Å². The van der Waals surface area contributed by atoms with Crippen LogP contribution in [-0.2, 0) is 6.42 Å². The maximum absolute atomic E-state index is 6.19. The molecule has 0 amide bonds. The van der Waals surface area contributed by atoms with Gasteiger partial charge in [-0.25, -0.2) is 0 Å². The molecule has 2 aromatic rings. The Labute approximate surface area is 114 Å². The van der Waals surface area contributed by atoms with Crippen LogP contribution in [0.15, 0.2) is 39.5 Å². The van der Waals surface area contributed by atoms with Crippen molar-refractivity contribution >= 4 is 27.3 Å². The highest BCUT2D eigenvalue weighted by Gasteiger charge is 2.11. The van der Waals surface area contributed by atoms with Crippen LogP contribution in [0.2, 0.25) is 0 Å². The first-order chi connectivity index (χ1) is 8.20. The molecule has 1 aromatic heterocycles. The first kappa shape index (κ1) is 12.6. The Hall–Kier alpha value is -0.840. The summed E-state index contributed by atoms with van der Waals surface area (Å²) < 4.78 is 6.23. The monoisotopic (exact) mass is 311 g/mol. The summed E-state index contributed by atoms with van der Waals surface area (Å²) in [5, 5.41) is 4.15. The molecule has 1 atom stereocenters. The minimum absolute atomic E-state index is 0.0315. The molecule has 0 aliphatic rings. The van der Waals surface area contributed by atoms with Crippen LogP contribution in [0.5, 0.6) is 5.75 Å². The largest absolute Gasteiger partial charge is 0.497 e. The third kappa shape index (κ3) is 3.09. The van der Waals surface area contributed by atoms with Crippen LogP contribution in [0.25, 0.3) is 0 Å². The van der Waals surface area contributed by atoms with Gasteiger partial charge in [-0.3, -0.25) is 0 Å². The third-order valence-corrected chi connectivity index (χ3v) is 4.41. The van der Waals surface area contributed by atoms with Gasteiger partial charge in [-0.05, 0) is 51.0 Å². The van der Waals surface area contributed by atoms with Crippen molar-refractivity contribution in [2.45, 2.75) is 12.5 Å². The van der Waals surface area contributed by atoms with Gasteiger partial charge in [0.25, 0.3) is 0 Å². The van der Waals surface area contributed by atoms with E-state index in [0.29, 0.717) is 0 Å². The number of thiophene rings is 1. The molecule has 2 nitrogen and oxygen atoms in total. The van der Waals surface area contributed by atoms with Crippen molar-refractivity contribution in [3.05, 3.63) is 50.6 Å². The minimum atomic E-state index is 0.0315. The molecule has 0 aliphatic heterocycles. The van der Waals surface area contributed by atoms with Crippen molar-refractivity contribution < 1.29 is 4.74 Å². The van der Waals surface area contributed by atoms with E-state index < -0.39 is 0 Å². The fourth-order valence-electron chi connectivity index (χ4n) is 1.68. The highest BCUT2D eigenvalue weighted by atomic mass is 79.9. The summed E-state index contributed by atoms with van der Waals surface area (Å²) in [4.78, 5) is 0. The van der Waals surface area contributed by atoms with Gasteiger partial charge in [0.05, 0.1) is 7.11 Å². The molecule has 0 aliphatic carbocycles. The molecule has 90 valence electrons. The Bertz CT molecular complexity index is 480. The number of benzene rings is 1. The number of nitrogens with two attached hydrogens (primary N) is 1. The topological polar surface area (TPSA) is 35.2 Å². The van der Waals surface area contributed by atoms with Crippen molar-refractivity contribution in [2.24, 2.45) is 5.73 Å². The van der Waals surface area contributed by atoms with Crippen LogP contribution >= 0.6 is 27.3 Å². The fourth-order valence-corrected chi connectivity index (χ4v) is 3.34. The molecule has 2 N–H and O–H groups in total. The van der Waals surface area contributed by atoms with E-state index in [2.05, 4.69) is 38.8 Å². The van der Waals surface area contributed by atoms with Crippen LogP contribution in [0.4, 0.5) is 0 Å². The lowest BCUT2D eigenvalue weighted by atomic mass is 10.0. The normalized spacial score (nSPS) is 12.4. The smallest absolute Gasteiger partial charge is 0.118 e. The van der Waals surface area contributed by atoms with Crippen molar-refractivity contribution in [1.29, 1.82) is 0 Å². The molecule has 0 spiro atoms. The van der Waals surface area contributed by atoms with Gasteiger partial charge in [0, 0.05) is 15.9 Å². The second-order valence-corrected chi connectivity index (χ2v) is 5.43. The number of ether oxygens (including phenoxy) is 1. The molecule has 0 bridgehead atoms. The van der Waals surface area contributed by atoms with E-state index >= 15 is 0 Å². The predicted molar refractivity (Wildman–Crippen MR) is 75.6 cm³/mol. The zero-order valence-electron chi connectivity index (χ0n) is 9.52. The van der Waals surface area contributed by atoms with Crippen molar-refractivity contribution in [2.75, 3.05) is 7.11 Å². The third-order valence-electron chi connectivity index (χ3n) is 2.66. The molecule has 2 rings (SSSR count). The number of hydrogen-bond donors (Lipinski definition) is 1. The highest BCUT2D eigenvalue weighted by Crippen LogP contribution is 2.28. The van der Waals surface area contributed by atoms with Gasteiger partial charge >= 0.3 is 0 Å². The van der Waals surface area contributed by atoms with E-state index in [0.717, 1.165) is 16.6 Å². The Morgan fingerprint density at radius 3 is 2.53 bits per heavy atom. The molecule has 0 fully saturated rings. The van der Waals surface area contributed by atoms with E-state index in [-0.39, 0.29) is 6.04 Å². The number of halogens is 1. The van der Waals surface area contributed by atoms with Crippen molar-refractivity contribution in [3.63, 3.8) is 0 Å². The van der Waals surface area contributed by atoms with Crippen LogP contribution in [0.3, 0.4) is 0 Å². The van der Waals surface area contributed by atoms with Gasteiger partial charge in [-0.15, -0.1) is 0 Å². The zero-order valence-corrected chi connectivity index (χ0v) is 11.9. The van der Waals surface area contributed by atoms with E-state index in [1.807, 2.05) is 12.1 Å². The molecule has 0 radical (unpaired) electrons. The Morgan fingerprint density at radius 1 is 1.29 bits per heavy atom. The Balaban J connectivity index is 2.07. The SMILES string of the molecule is COc1ccc(CC(N)c2cscc2Br)cc1. The van der Waals surface area contributed by atoms with Crippen LogP contribution in [0, 0.1) is 0 Å². The predicted octanol–water partition coefficient (Wildman–Crippen LogP) is 3.76. The first-order valence-electron chi connectivity index (χ1n) is 5.31. The average molecular weight is 312 g/mol. The maximum Gasteiger partial charge on any atom is 0.118 e. The van der Waals surface area contributed by atoms with Gasteiger partial charge in [-0.2, -0.15) is 11.3 Å². The molecule has 0 saturated heterocycles. The standard InChI is InChI=1S/C13H14BrNOS/c1-16-10-4-2-9(3-5-10)6-13(15)11-7-17-8-12(11)14/h2-5,7-8,13H,6,15H2,1H3. The lowest BCUT2D eigenvalue weighted by molar-refractivity contribution is 0.414. The Kier molecular flexibility index (Phi) is 4.20. The summed E-state index contributed by atoms with van der Waals surface area (Å²) in [6.45, 7) is 0. The highest BCUT2D eigenvalue weighted by molar-refractivity contribution is 9.10. The second-order valence-electron chi connectivity index (χ2n) is 3.83. The molecular formula is C13H14BrNOS. The van der Waals surface area contributed by atoms with Crippen molar-refractivity contribution in [1.82, 2.24) is 0 Å². The lowest BCUT2D eigenvalue weighted by Gasteiger charge is -2.11. The summed E-state index contributed by atoms with van der Waals surface area (Å²) in [5.74, 6) is 0.874. The molecule has 1 heterocycles. The molecule has 0 saturated carbocycles. The summed E-state index contributed by atoms with van der Waals surface area (Å²) >= 11 is 5.18. The maximum atomic E-state index is 6.19. The Morgan fingerprint density at radius 2 is 2.00 bits per heavy atom. The van der Waals surface area contributed by atoms with Gasteiger partial charge in [0.2, 0.25) is 0 Å². The van der Waals surface area contributed by atoms with Gasteiger partial charge in [-0.1, -0.05) is 12.1 Å². The van der Waals surface area contributed by atoms with E-state index in [4.69, 9.17) is 10.5 Å². The fraction of sp³-hybridized carbons (Fsp3) is 0.231. The van der Waals surface area contributed by atoms with Gasteiger partial charge < -0.3 is 10.5 Å². The van der Waals surface area contributed by atoms with E-state index in [1.165, 1.54) is 11.1 Å². The van der Waals surface area contributed by atoms with Crippen LogP contribution in [-0.4, -0.2) is 7.11 Å². The first-order valence-corrected chi connectivity index (χ1v) is 7.04. The van der Waals surface area contributed by atoms with Crippen molar-refractivity contribution in [3.8, 4) is 5.75 Å². The quantitative estimate of drug-likeness (QED) is 0.933. The van der Waals surface area contributed by atoms with Crippen LogP contribution < -0.4 is 10.5 Å². The summed E-state index contributed by atoms with van der Waals surface area (Å²) in [6.07, 6.45) is 0.833. The second kappa shape index (κ2) is 5.67. The number of hydrogen-bond acceptors (Lipinski definition) is 3. The summed E-state index contributed by atoms with van der Waals surface area (Å²) in [5.41, 5.74) is 8.58.